The number of hydrogen-bond acceptors (Lipinski definition) is 0. The van der Waals surface area contributed by atoms with Crippen LogP contribution in [0, 0.1) is 5.41 Å². The molecule has 0 heterocycles. The third kappa shape index (κ3) is 1.95. The van der Waals surface area contributed by atoms with Crippen LogP contribution in [-0.2, 0) is 0 Å². The molecule has 0 nitrogen and oxygen atoms in total. The summed E-state index contributed by atoms with van der Waals surface area (Å²) < 4.78 is 0. The van der Waals surface area contributed by atoms with Crippen molar-refractivity contribution in [2.75, 3.05) is 0 Å². The van der Waals surface area contributed by atoms with Gasteiger partial charge in [0.2, 0.25) is 0 Å². The summed E-state index contributed by atoms with van der Waals surface area (Å²) in [5.74, 6) is 0. The first-order chi connectivity index (χ1) is 9.40. The molecule has 0 aromatic carbocycles. The molecule has 0 aromatic heterocycles. The van der Waals surface area contributed by atoms with Gasteiger partial charge in [0.15, 0.2) is 0 Å². The van der Waals surface area contributed by atoms with Crippen LogP contribution >= 0.6 is 23.2 Å². The van der Waals surface area contributed by atoms with Crippen molar-refractivity contribution >= 4 is 23.2 Å². The second-order valence-electron chi connectivity index (χ2n) is 7.20. The lowest BCUT2D eigenvalue weighted by atomic mass is 9.64. The fourth-order valence-corrected chi connectivity index (χ4v) is 4.69. The second kappa shape index (κ2) is 4.77. The maximum absolute atomic E-state index is 7.16. The van der Waals surface area contributed by atoms with E-state index in [1.165, 1.54) is 33.4 Å². The van der Waals surface area contributed by atoms with Crippen LogP contribution in [0.15, 0.2) is 45.6 Å². The molecule has 0 aromatic rings. The molecule has 0 bridgehead atoms. The zero-order valence-electron chi connectivity index (χ0n) is 14.4. The van der Waals surface area contributed by atoms with Crippen molar-refractivity contribution in [1.82, 2.24) is 0 Å². The van der Waals surface area contributed by atoms with Gasteiger partial charge in [-0.2, -0.15) is 0 Å². The average molecular weight is 325 g/mol. The summed E-state index contributed by atoms with van der Waals surface area (Å²) in [7, 11) is 0. The third-order valence-corrected chi connectivity index (χ3v) is 7.78. The van der Waals surface area contributed by atoms with E-state index in [1.54, 1.807) is 0 Å². The van der Waals surface area contributed by atoms with E-state index in [4.69, 9.17) is 23.2 Å². The van der Waals surface area contributed by atoms with Crippen LogP contribution in [0.3, 0.4) is 0 Å². The van der Waals surface area contributed by atoms with Gasteiger partial charge in [0.25, 0.3) is 0 Å². The highest BCUT2D eigenvalue weighted by Gasteiger charge is 2.58. The smallest absolute Gasteiger partial charge is 0.0917 e. The highest BCUT2D eigenvalue weighted by atomic mass is 35.5. The number of halogens is 2. The molecule has 0 aliphatic heterocycles. The Hall–Kier alpha value is -0.460. The number of alkyl halides is 2. The molecule has 116 valence electrons. The molecule has 0 fully saturated rings. The van der Waals surface area contributed by atoms with Crippen LogP contribution in [0.2, 0.25) is 0 Å². The molecule has 0 amide bonds. The van der Waals surface area contributed by atoms with E-state index in [9.17, 15) is 0 Å². The molecule has 2 aliphatic carbocycles. The quantitative estimate of drug-likeness (QED) is 0.504. The Kier molecular flexibility index (Phi) is 3.84. The largest absolute Gasteiger partial charge is 0.109 e. The zero-order valence-corrected chi connectivity index (χ0v) is 15.9. The van der Waals surface area contributed by atoms with Gasteiger partial charge < -0.3 is 0 Å². The van der Waals surface area contributed by atoms with Crippen molar-refractivity contribution < 1.29 is 0 Å². The summed E-state index contributed by atoms with van der Waals surface area (Å²) in [6, 6.07) is 0. The van der Waals surface area contributed by atoms with Crippen molar-refractivity contribution in [3.63, 3.8) is 0 Å². The van der Waals surface area contributed by atoms with Gasteiger partial charge in [-0.05, 0) is 63.8 Å². The minimum atomic E-state index is -0.550. The van der Waals surface area contributed by atoms with Gasteiger partial charge in [0, 0.05) is 5.41 Å². The first-order valence-corrected chi connectivity index (χ1v) is 8.29. The highest BCUT2D eigenvalue weighted by molar-refractivity contribution is 6.33. The van der Waals surface area contributed by atoms with Crippen molar-refractivity contribution in [3.8, 4) is 0 Å². The zero-order chi connectivity index (χ0) is 16.4. The molecule has 0 N–H and O–H groups in total. The van der Waals surface area contributed by atoms with E-state index < -0.39 is 9.75 Å². The van der Waals surface area contributed by atoms with E-state index in [0.29, 0.717) is 0 Å². The van der Waals surface area contributed by atoms with Crippen LogP contribution in [-0.4, -0.2) is 9.75 Å². The molecule has 0 spiro atoms. The van der Waals surface area contributed by atoms with Crippen LogP contribution in [0.5, 0.6) is 0 Å². The Balaban J connectivity index is 2.66. The van der Waals surface area contributed by atoms with E-state index in [-0.39, 0.29) is 5.41 Å². The third-order valence-electron chi connectivity index (χ3n) is 6.05. The minimum absolute atomic E-state index is 0.338. The van der Waals surface area contributed by atoms with Crippen LogP contribution in [0.4, 0.5) is 0 Å². The summed E-state index contributed by atoms with van der Waals surface area (Å²) in [6.07, 6.45) is 4.38. The van der Waals surface area contributed by atoms with Crippen molar-refractivity contribution in [3.05, 3.63) is 45.6 Å². The lowest BCUT2D eigenvalue weighted by Gasteiger charge is -2.49. The molecule has 2 heteroatoms. The van der Waals surface area contributed by atoms with Gasteiger partial charge in [-0.1, -0.05) is 37.1 Å². The van der Waals surface area contributed by atoms with E-state index in [0.717, 1.165) is 0 Å². The summed E-state index contributed by atoms with van der Waals surface area (Å²) in [5.41, 5.74) is 7.19. The van der Waals surface area contributed by atoms with E-state index >= 15 is 0 Å². The van der Waals surface area contributed by atoms with Gasteiger partial charge in [0.1, 0.15) is 0 Å². The van der Waals surface area contributed by atoms with E-state index in [1.807, 2.05) is 0 Å². The van der Waals surface area contributed by atoms with Gasteiger partial charge >= 0.3 is 0 Å². The predicted molar refractivity (Wildman–Crippen MR) is 95.2 cm³/mol. The molecule has 2 rings (SSSR count). The SMILES string of the molecule is CC1=CC(Cl)(C(C)(C)C2(Cl)C=C(C)C(C)=C2C)C(C)=C1C. The van der Waals surface area contributed by atoms with Gasteiger partial charge in [-0.25, -0.2) is 0 Å². The Bertz CT molecular complexity index is 574. The standard InChI is InChI=1S/C19H26Cl2/c1-11-9-18(20,15(5)13(11)3)17(7,8)19(21)10-12(2)14(4)16(19)6/h9-10H,1-8H3. The van der Waals surface area contributed by atoms with Gasteiger partial charge in [-0.15, -0.1) is 23.2 Å². The first-order valence-electron chi connectivity index (χ1n) is 7.53. The fraction of sp³-hybridized carbons (Fsp3) is 0.579. The highest BCUT2D eigenvalue weighted by Crippen LogP contribution is 2.61. The minimum Gasteiger partial charge on any atom is -0.109 e. The topological polar surface area (TPSA) is 0 Å². The molecule has 2 atom stereocenters. The Morgan fingerprint density at radius 2 is 1.00 bits per heavy atom. The maximum Gasteiger partial charge on any atom is 0.0917 e. The van der Waals surface area contributed by atoms with Crippen molar-refractivity contribution in [2.45, 2.75) is 65.1 Å². The van der Waals surface area contributed by atoms with Crippen LogP contribution in [0.25, 0.3) is 0 Å². The molecule has 21 heavy (non-hydrogen) atoms. The molecule has 2 aliphatic rings. The molecular formula is C19H26Cl2. The molecule has 0 radical (unpaired) electrons. The second-order valence-corrected chi connectivity index (χ2v) is 8.40. The Morgan fingerprint density at radius 3 is 1.19 bits per heavy atom. The van der Waals surface area contributed by atoms with Gasteiger partial charge in [0.05, 0.1) is 9.75 Å². The van der Waals surface area contributed by atoms with Gasteiger partial charge in [-0.3, -0.25) is 0 Å². The number of hydrogen-bond donors (Lipinski definition) is 0. The molecule has 2 unspecified atom stereocenters. The molecular weight excluding hydrogens is 299 g/mol. The Labute approximate surface area is 139 Å². The average Bonchev–Trinajstić information content (AvgIpc) is 2.72. The molecule has 0 saturated heterocycles. The molecule has 0 saturated carbocycles. The summed E-state index contributed by atoms with van der Waals surface area (Å²) >= 11 is 14.3. The van der Waals surface area contributed by atoms with Crippen molar-refractivity contribution in [1.29, 1.82) is 0 Å². The summed E-state index contributed by atoms with van der Waals surface area (Å²) in [6.45, 7) is 17.2. The first kappa shape index (κ1) is 16.9. The maximum atomic E-state index is 7.16. The predicted octanol–water partition coefficient (Wildman–Crippen LogP) is 6.56. The normalized spacial score (nSPS) is 33.8. The lowest BCUT2D eigenvalue weighted by Crippen LogP contribution is -2.51. The Morgan fingerprint density at radius 1 is 0.714 bits per heavy atom. The van der Waals surface area contributed by atoms with Crippen LogP contribution < -0.4 is 0 Å². The fourth-order valence-electron chi connectivity index (χ4n) is 3.73. The monoisotopic (exact) mass is 324 g/mol. The number of allylic oxidation sites excluding steroid dienone is 8. The van der Waals surface area contributed by atoms with Crippen LogP contribution in [0.1, 0.15) is 55.4 Å². The van der Waals surface area contributed by atoms with Crippen molar-refractivity contribution in [2.24, 2.45) is 5.41 Å². The lowest BCUT2D eigenvalue weighted by molar-refractivity contribution is 0.274. The number of rotatable bonds is 2. The summed E-state index contributed by atoms with van der Waals surface area (Å²) in [5, 5.41) is 0. The summed E-state index contributed by atoms with van der Waals surface area (Å²) in [4.78, 5) is -1.10. The van der Waals surface area contributed by atoms with E-state index in [2.05, 4.69) is 67.5 Å².